The van der Waals surface area contributed by atoms with Gasteiger partial charge >= 0.3 is 0 Å². The molecule has 2 aliphatic rings. The number of pyridine rings is 1. The number of aryl methyl sites for hydroxylation is 2. The molecule has 0 aliphatic heterocycles. The molecule has 2 aliphatic carbocycles. The highest BCUT2D eigenvalue weighted by Gasteiger charge is 2.26. The van der Waals surface area contributed by atoms with Crippen molar-refractivity contribution < 1.29 is 4.98 Å². The highest BCUT2D eigenvalue weighted by Crippen LogP contribution is 2.30. The molecule has 0 saturated heterocycles. The Labute approximate surface area is 90.9 Å². The van der Waals surface area contributed by atoms with Gasteiger partial charge in [0.25, 0.3) is 0 Å². The molecular formula is C13H19N2+. The van der Waals surface area contributed by atoms with E-state index in [9.17, 15) is 0 Å². The summed E-state index contributed by atoms with van der Waals surface area (Å²) >= 11 is 0. The van der Waals surface area contributed by atoms with Crippen molar-refractivity contribution in [2.24, 2.45) is 0 Å². The Hall–Kier alpha value is -1.05. The third-order valence-corrected chi connectivity index (χ3v) is 3.89. The minimum Gasteiger partial charge on any atom is -0.398 e. The van der Waals surface area contributed by atoms with Crippen molar-refractivity contribution in [1.29, 1.82) is 0 Å². The van der Waals surface area contributed by atoms with Crippen molar-refractivity contribution in [1.82, 2.24) is 0 Å². The van der Waals surface area contributed by atoms with E-state index in [2.05, 4.69) is 4.98 Å². The van der Waals surface area contributed by atoms with E-state index in [4.69, 9.17) is 5.73 Å². The van der Waals surface area contributed by atoms with Gasteiger partial charge in [0, 0.05) is 24.0 Å². The normalized spacial score (nSPS) is 19.5. The number of anilines is 1. The van der Waals surface area contributed by atoms with Crippen LogP contribution in [0.3, 0.4) is 0 Å². The third-order valence-electron chi connectivity index (χ3n) is 3.89. The number of aromatic nitrogens is 1. The van der Waals surface area contributed by atoms with Gasteiger partial charge in [-0.25, -0.2) is 4.98 Å². The van der Waals surface area contributed by atoms with Gasteiger partial charge in [-0.15, -0.1) is 0 Å². The molecule has 1 aromatic heterocycles. The van der Waals surface area contributed by atoms with E-state index >= 15 is 0 Å². The summed E-state index contributed by atoms with van der Waals surface area (Å²) in [6.45, 7) is 0. The predicted molar refractivity (Wildman–Crippen MR) is 60.7 cm³/mol. The molecule has 0 saturated carbocycles. The molecule has 3 N–H and O–H groups in total. The summed E-state index contributed by atoms with van der Waals surface area (Å²) in [6.07, 6.45) is 10.0. The number of H-pyrrole nitrogens is 1. The van der Waals surface area contributed by atoms with Crippen LogP contribution in [0.2, 0.25) is 0 Å². The zero-order chi connectivity index (χ0) is 10.3. The van der Waals surface area contributed by atoms with Crippen molar-refractivity contribution in [3.63, 3.8) is 0 Å². The summed E-state index contributed by atoms with van der Waals surface area (Å²) < 4.78 is 0. The molecule has 0 spiro atoms. The zero-order valence-electron chi connectivity index (χ0n) is 9.23. The number of aromatic amines is 1. The minimum absolute atomic E-state index is 1.12. The lowest BCUT2D eigenvalue weighted by Crippen LogP contribution is -2.21. The molecule has 2 heteroatoms. The van der Waals surface area contributed by atoms with Gasteiger partial charge in [-0.05, 0) is 32.1 Å². The summed E-state index contributed by atoms with van der Waals surface area (Å²) in [5.41, 5.74) is 13.2. The number of fused-ring (bicyclic) bond motifs is 2. The number of nitrogens with two attached hydrogens (primary N) is 1. The van der Waals surface area contributed by atoms with Gasteiger partial charge in [0.2, 0.25) is 0 Å². The summed E-state index contributed by atoms with van der Waals surface area (Å²) in [6, 6.07) is 0. The highest BCUT2D eigenvalue weighted by atomic mass is 14.8. The minimum atomic E-state index is 1.12. The molecule has 15 heavy (non-hydrogen) atoms. The van der Waals surface area contributed by atoms with Crippen molar-refractivity contribution in [2.45, 2.75) is 51.4 Å². The van der Waals surface area contributed by atoms with Gasteiger partial charge in [-0.1, -0.05) is 6.42 Å². The Morgan fingerprint density at radius 2 is 1.33 bits per heavy atom. The lowest BCUT2D eigenvalue weighted by Gasteiger charge is -2.08. The second-order valence-corrected chi connectivity index (χ2v) is 4.87. The van der Waals surface area contributed by atoms with Crippen LogP contribution in [0.4, 0.5) is 5.69 Å². The Morgan fingerprint density at radius 1 is 0.733 bits per heavy atom. The lowest BCUT2D eigenvalue weighted by atomic mass is 10.0. The maximum absolute atomic E-state index is 6.30. The maximum atomic E-state index is 6.30. The summed E-state index contributed by atoms with van der Waals surface area (Å²) in [7, 11) is 0. The van der Waals surface area contributed by atoms with Gasteiger partial charge in [-0.2, -0.15) is 0 Å². The first-order valence-corrected chi connectivity index (χ1v) is 6.20. The number of rotatable bonds is 0. The number of hydrogen-bond donors (Lipinski definition) is 1. The van der Waals surface area contributed by atoms with Gasteiger partial charge in [0.05, 0.1) is 5.69 Å². The van der Waals surface area contributed by atoms with E-state index in [1.54, 1.807) is 0 Å². The first-order chi connectivity index (χ1) is 7.36. The monoisotopic (exact) mass is 203 g/mol. The topological polar surface area (TPSA) is 40.2 Å². The van der Waals surface area contributed by atoms with Crippen LogP contribution in [-0.2, 0) is 25.7 Å². The third kappa shape index (κ3) is 1.43. The van der Waals surface area contributed by atoms with Crippen LogP contribution in [0.5, 0.6) is 0 Å². The Balaban J connectivity index is 2.15. The molecule has 0 atom stereocenters. The van der Waals surface area contributed by atoms with E-state index in [1.165, 1.54) is 73.9 Å². The second-order valence-electron chi connectivity index (χ2n) is 4.87. The van der Waals surface area contributed by atoms with Crippen LogP contribution < -0.4 is 10.7 Å². The van der Waals surface area contributed by atoms with E-state index in [0.717, 1.165) is 5.69 Å². The molecule has 3 rings (SSSR count). The second kappa shape index (κ2) is 3.51. The fourth-order valence-corrected chi connectivity index (χ4v) is 3.06. The molecule has 0 bridgehead atoms. The van der Waals surface area contributed by atoms with E-state index in [-0.39, 0.29) is 0 Å². The molecular weight excluding hydrogens is 184 g/mol. The summed E-state index contributed by atoms with van der Waals surface area (Å²) in [4.78, 5) is 3.65. The zero-order valence-corrected chi connectivity index (χ0v) is 9.23. The van der Waals surface area contributed by atoms with E-state index in [1.807, 2.05) is 0 Å². The molecule has 80 valence electrons. The average molecular weight is 203 g/mol. The van der Waals surface area contributed by atoms with Crippen LogP contribution in [-0.4, -0.2) is 0 Å². The van der Waals surface area contributed by atoms with Crippen molar-refractivity contribution in [2.75, 3.05) is 5.73 Å². The van der Waals surface area contributed by atoms with Gasteiger partial charge in [0.1, 0.15) is 0 Å². The Kier molecular flexibility index (Phi) is 2.15. The molecule has 1 aromatic rings. The lowest BCUT2D eigenvalue weighted by molar-refractivity contribution is -0.402. The molecule has 1 heterocycles. The Morgan fingerprint density at radius 3 is 2.13 bits per heavy atom. The number of hydrogen-bond acceptors (Lipinski definition) is 1. The molecule has 2 nitrogen and oxygen atoms in total. The number of nitrogen functional groups attached to an aromatic ring is 1. The molecule has 0 amide bonds. The first kappa shape index (κ1) is 9.20. The van der Waals surface area contributed by atoms with Gasteiger partial charge in [-0.3, -0.25) is 0 Å². The summed E-state index contributed by atoms with van der Waals surface area (Å²) in [5, 5.41) is 0. The van der Waals surface area contributed by atoms with Gasteiger partial charge in [0.15, 0.2) is 11.4 Å². The predicted octanol–water partition coefficient (Wildman–Crippen LogP) is 1.84. The standard InChI is InChI=1S/C13H18N2/c14-13-9-5-2-1-3-7-11(9)15-12-8-4-6-10(12)13/h1-8H2,(H2,14,15)/p+1. The van der Waals surface area contributed by atoms with E-state index in [0.29, 0.717) is 0 Å². The number of nitrogens with one attached hydrogen (secondary N) is 1. The molecule has 0 unspecified atom stereocenters. The molecule has 0 radical (unpaired) electrons. The van der Waals surface area contributed by atoms with E-state index < -0.39 is 0 Å². The maximum Gasteiger partial charge on any atom is 0.185 e. The SMILES string of the molecule is Nc1c2c([nH+]c3c1CCC3)CCCCC2. The first-order valence-electron chi connectivity index (χ1n) is 6.20. The van der Waals surface area contributed by atoms with Crippen LogP contribution in [0.15, 0.2) is 0 Å². The fourth-order valence-electron chi connectivity index (χ4n) is 3.06. The van der Waals surface area contributed by atoms with Crippen LogP contribution >= 0.6 is 0 Å². The summed E-state index contributed by atoms with van der Waals surface area (Å²) in [5.74, 6) is 0. The highest BCUT2D eigenvalue weighted by molar-refractivity contribution is 5.56. The molecule has 0 fully saturated rings. The van der Waals surface area contributed by atoms with Crippen molar-refractivity contribution in [3.05, 3.63) is 22.5 Å². The molecule has 0 aromatic carbocycles. The van der Waals surface area contributed by atoms with Crippen molar-refractivity contribution in [3.8, 4) is 0 Å². The Bertz CT molecular complexity index is 396. The smallest absolute Gasteiger partial charge is 0.185 e. The van der Waals surface area contributed by atoms with Crippen LogP contribution in [0.25, 0.3) is 0 Å². The fraction of sp³-hybridized carbons (Fsp3) is 0.615. The average Bonchev–Trinajstić information content (AvgIpc) is 2.56. The van der Waals surface area contributed by atoms with Crippen molar-refractivity contribution >= 4 is 5.69 Å². The van der Waals surface area contributed by atoms with Crippen LogP contribution in [0.1, 0.15) is 48.2 Å². The van der Waals surface area contributed by atoms with Gasteiger partial charge < -0.3 is 5.73 Å². The largest absolute Gasteiger partial charge is 0.398 e. The quantitative estimate of drug-likeness (QED) is 0.642. The van der Waals surface area contributed by atoms with Crippen LogP contribution in [0, 0.1) is 0 Å².